The first-order valence-electron chi connectivity index (χ1n) is 5.27. The molecule has 18 heavy (non-hydrogen) atoms. The highest BCUT2D eigenvalue weighted by Crippen LogP contribution is 2.18. The molecule has 94 valence electrons. The molecule has 6 nitrogen and oxygen atoms in total. The molecular formula is C11H11ClN4O2. The molecule has 0 spiro atoms. The average molecular weight is 267 g/mol. The maximum Gasteiger partial charge on any atom is 0.342 e. The molecule has 1 aromatic heterocycles. The monoisotopic (exact) mass is 266 g/mol. The zero-order valence-corrected chi connectivity index (χ0v) is 10.3. The Morgan fingerprint density at radius 1 is 1.28 bits per heavy atom. The number of halogens is 1. The summed E-state index contributed by atoms with van der Waals surface area (Å²) in [4.78, 5) is 24.4. The summed E-state index contributed by atoms with van der Waals surface area (Å²) in [5.41, 5.74) is -0.240. The molecule has 0 bridgehead atoms. The van der Waals surface area contributed by atoms with Gasteiger partial charge in [-0.25, -0.2) is 9.89 Å². The van der Waals surface area contributed by atoms with Crippen LogP contribution in [-0.4, -0.2) is 15.2 Å². The number of hydrogen-bond acceptors (Lipinski definition) is 4. The molecule has 1 heterocycles. The van der Waals surface area contributed by atoms with E-state index in [2.05, 4.69) is 20.5 Å². The molecule has 0 saturated carbocycles. The molecule has 7 heteroatoms. The molecule has 0 fully saturated rings. The van der Waals surface area contributed by atoms with Gasteiger partial charge in [-0.1, -0.05) is 23.7 Å². The number of nitrogens with one attached hydrogen (secondary N) is 3. The normalized spacial score (nSPS) is 12.1. The first-order valence-corrected chi connectivity index (χ1v) is 5.65. The second-order valence-corrected chi connectivity index (χ2v) is 4.21. The van der Waals surface area contributed by atoms with E-state index in [9.17, 15) is 9.59 Å². The summed E-state index contributed by atoms with van der Waals surface area (Å²) in [5, 5.41) is 9.35. The molecule has 0 aliphatic rings. The summed E-state index contributed by atoms with van der Waals surface area (Å²) in [7, 11) is 0. The van der Waals surface area contributed by atoms with E-state index in [-0.39, 0.29) is 11.9 Å². The van der Waals surface area contributed by atoms with E-state index < -0.39 is 11.2 Å². The lowest BCUT2D eigenvalue weighted by Crippen LogP contribution is -2.27. The molecule has 1 unspecified atom stereocenters. The first-order chi connectivity index (χ1) is 8.56. The number of benzene rings is 1. The third-order valence-corrected chi connectivity index (χ3v) is 2.69. The van der Waals surface area contributed by atoms with Gasteiger partial charge in [0.25, 0.3) is 5.56 Å². The van der Waals surface area contributed by atoms with Crippen LogP contribution in [0.25, 0.3) is 0 Å². The van der Waals surface area contributed by atoms with Crippen LogP contribution in [0, 0.1) is 0 Å². The molecule has 1 aromatic carbocycles. The number of aromatic amines is 2. The molecule has 0 radical (unpaired) electrons. The third-order valence-electron chi connectivity index (χ3n) is 2.43. The maximum absolute atomic E-state index is 11.4. The fraction of sp³-hybridized carbons (Fsp3) is 0.182. The predicted molar refractivity (Wildman–Crippen MR) is 69.0 cm³/mol. The third kappa shape index (κ3) is 2.78. The number of H-pyrrole nitrogens is 2. The molecular weight excluding hydrogens is 256 g/mol. The van der Waals surface area contributed by atoms with Crippen molar-refractivity contribution < 1.29 is 0 Å². The van der Waals surface area contributed by atoms with E-state index >= 15 is 0 Å². The van der Waals surface area contributed by atoms with Crippen molar-refractivity contribution in [2.24, 2.45) is 0 Å². The van der Waals surface area contributed by atoms with Gasteiger partial charge in [0.05, 0.1) is 6.04 Å². The lowest BCUT2D eigenvalue weighted by molar-refractivity contribution is 0.826. The van der Waals surface area contributed by atoms with Crippen LogP contribution in [0.1, 0.15) is 18.5 Å². The fourth-order valence-corrected chi connectivity index (χ4v) is 1.61. The van der Waals surface area contributed by atoms with E-state index in [4.69, 9.17) is 11.6 Å². The molecule has 1 atom stereocenters. The summed E-state index contributed by atoms with van der Waals surface area (Å²) < 4.78 is 0. The minimum Gasteiger partial charge on any atom is -0.358 e. The quantitative estimate of drug-likeness (QED) is 0.781. The topological polar surface area (TPSA) is 90.6 Å². The fourth-order valence-electron chi connectivity index (χ4n) is 1.49. The van der Waals surface area contributed by atoms with Gasteiger partial charge in [-0.3, -0.25) is 9.78 Å². The van der Waals surface area contributed by atoms with E-state index in [1.165, 1.54) is 0 Å². The number of aromatic nitrogens is 3. The van der Waals surface area contributed by atoms with Gasteiger partial charge in [-0.15, -0.1) is 5.10 Å². The van der Waals surface area contributed by atoms with Crippen LogP contribution < -0.4 is 16.6 Å². The van der Waals surface area contributed by atoms with Crippen LogP contribution in [0.4, 0.5) is 5.82 Å². The van der Waals surface area contributed by atoms with E-state index in [0.717, 1.165) is 5.56 Å². The summed E-state index contributed by atoms with van der Waals surface area (Å²) in [6.07, 6.45) is 0. The van der Waals surface area contributed by atoms with Gasteiger partial charge in [0.2, 0.25) is 5.82 Å². The first kappa shape index (κ1) is 12.4. The zero-order chi connectivity index (χ0) is 13.1. The minimum absolute atomic E-state index is 0.0667. The van der Waals surface area contributed by atoms with Crippen molar-refractivity contribution in [2.75, 3.05) is 5.32 Å². The van der Waals surface area contributed by atoms with Crippen molar-refractivity contribution in [1.29, 1.82) is 0 Å². The largest absolute Gasteiger partial charge is 0.358 e. The number of nitrogens with zero attached hydrogens (tertiary/aromatic N) is 1. The Kier molecular flexibility index (Phi) is 3.47. The summed E-state index contributed by atoms with van der Waals surface area (Å²) in [6, 6.07) is 7.08. The molecule has 2 rings (SSSR count). The lowest BCUT2D eigenvalue weighted by Gasteiger charge is -2.13. The Bertz CT molecular complexity index is 647. The van der Waals surface area contributed by atoms with Gasteiger partial charge >= 0.3 is 5.69 Å². The number of rotatable bonds is 3. The van der Waals surface area contributed by atoms with Crippen molar-refractivity contribution in [3.63, 3.8) is 0 Å². The molecule has 2 aromatic rings. The maximum atomic E-state index is 11.4. The number of anilines is 1. The Hall–Kier alpha value is -2.08. The van der Waals surface area contributed by atoms with Crippen molar-refractivity contribution in [3.8, 4) is 0 Å². The van der Waals surface area contributed by atoms with Gasteiger partial charge < -0.3 is 5.32 Å². The van der Waals surface area contributed by atoms with Gasteiger partial charge in [0.1, 0.15) is 0 Å². The minimum atomic E-state index is -0.635. The van der Waals surface area contributed by atoms with Crippen LogP contribution in [0.15, 0.2) is 33.9 Å². The van der Waals surface area contributed by atoms with Crippen molar-refractivity contribution in [3.05, 3.63) is 55.7 Å². The van der Waals surface area contributed by atoms with E-state index in [1.54, 1.807) is 12.1 Å². The Morgan fingerprint density at radius 2 is 1.94 bits per heavy atom. The highest BCUT2D eigenvalue weighted by molar-refractivity contribution is 6.30. The van der Waals surface area contributed by atoms with Crippen molar-refractivity contribution >= 4 is 17.4 Å². The molecule has 0 aliphatic heterocycles. The highest BCUT2D eigenvalue weighted by atomic mass is 35.5. The van der Waals surface area contributed by atoms with Gasteiger partial charge in [-0.05, 0) is 24.6 Å². The van der Waals surface area contributed by atoms with Crippen molar-refractivity contribution in [2.45, 2.75) is 13.0 Å². The van der Waals surface area contributed by atoms with Crippen LogP contribution >= 0.6 is 11.6 Å². The smallest absolute Gasteiger partial charge is 0.342 e. The van der Waals surface area contributed by atoms with Crippen LogP contribution in [0.3, 0.4) is 0 Å². The second kappa shape index (κ2) is 5.05. The van der Waals surface area contributed by atoms with Gasteiger partial charge in [0.15, 0.2) is 0 Å². The predicted octanol–water partition coefficient (Wildman–Crippen LogP) is 1.28. The van der Waals surface area contributed by atoms with Crippen LogP contribution in [0.5, 0.6) is 0 Å². The zero-order valence-electron chi connectivity index (χ0n) is 9.53. The second-order valence-electron chi connectivity index (χ2n) is 3.77. The Balaban J connectivity index is 2.21. The van der Waals surface area contributed by atoms with Crippen molar-refractivity contribution in [1.82, 2.24) is 15.2 Å². The van der Waals surface area contributed by atoms with Gasteiger partial charge in [0, 0.05) is 5.02 Å². The lowest BCUT2D eigenvalue weighted by atomic mass is 10.1. The summed E-state index contributed by atoms with van der Waals surface area (Å²) in [6.45, 7) is 1.87. The van der Waals surface area contributed by atoms with Crippen LogP contribution in [0.2, 0.25) is 5.02 Å². The summed E-state index contributed by atoms with van der Waals surface area (Å²) >= 11 is 5.79. The highest BCUT2D eigenvalue weighted by Gasteiger charge is 2.09. The Labute approximate surface area is 107 Å². The molecule has 0 aliphatic carbocycles. The SMILES string of the molecule is CC(Nc1n[nH]c(=O)[nH]c1=O)c1ccc(Cl)cc1. The molecule has 0 amide bonds. The molecule has 3 N–H and O–H groups in total. The van der Waals surface area contributed by atoms with Crippen LogP contribution in [-0.2, 0) is 0 Å². The van der Waals surface area contributed by atoms with Gasteiger partial charge in [-0.2, -0.15) is 0 Å². The standard InChI is InChI=1S/C11H11ClN4O2/c1-6(7-2-4-8(12)5-3-7)13-9-10(17)14-11(18)16-15-9/h2-6H,1H3,(H,13,15)(H2,14,16,17,18). The van der Waals surface area contributed by atoms with E-state index in [0.29, 0.717) is 5.02 Å². The average Bonchev–Trinajstić information content (AvgIpc) is 2.33. The number of hydrogen-bond donors (Lipinski definition) is 3. The summed E-state index contributed by atoms with van der Waals surface area (Å²) in [5.74, 6) is 0.0667. The van der Waals surface area contributed by atoms with E-state index in [1.807, 2.05) is 19.1 Å². The molecule has 0 saturated heterocycles. The Morgan fingerprint density at radius 3 is 2.56 bits per heavy atom.